The van der Waals surface area contributed by atoms with Gasteiger partial charge >= 0.3 is 0 Å². The van der Waals surface area contributed by atoms with E-state index in [1.807, 2.05) is 12.1 Å². The van der Waals surface area contributed by atoms with Crippen molar-refractivity contribution in [1.82, 2.24) is 19.7 Å². The molecule has 0 saturated heterocycles. The van der Waals surface area contributed by atoms with Gasteiger partial charge in [0.15, 0.2) is 11.0 Å². The van der Waals surface area contributed by atoms with Crippen molar-refractivity contribution in [2.75, 3.05) is 5.75 Å². The highest BCUT2D eigenvalue weighted by Gasteiger charge is 2.51. The quantitative estimate of drug-likeness (QED) is 0.610. The number of hydrogen-bond acceptors (Lipinski definition) is 4. The highest BCUT2D eigenvalue weighted by atomic mass is 35.5. The van der Waals surface area contributed by atoms with E-state index in [0.717, 1.165) is 28.7 Å². The molecule has 2 aliphatic carbocycles. The van der Waals surface area contributed by atoms with Crippen molar-refractivity contribution in [1.29, 1.82) is 0 Å². The lowest BCUT2D eigenvalue weighted by Gasteiger charge is -2.08. The number of nitrogens with zero attached hydrogens (tertiary/aromatic N) is 4. The fraction of sp³-hybridized carbons (Fsp3) is 0.500. The minimum Gasteiger partial charge on any atom is -0.299 e. The average Bonchev–Trinajstić information content (AvgIpc) is 3.37. The third-order valence-corrected chi connectivity index (χ3v) is 5.92. The molecule has 0 aliphatic heterocycles. The first-order valence-electron chi connectivity index (χ1n) is 7.01. The van der Waals surface area contributed by atoms with Gasteiger partial charge in [-0.15, -0.1) is 33.4 Å². The molecule has 21 heavy (non-hydrogen) atoms. The molecule has 4 nitrogen and oxygen atoms in total. The average molecular weight is 341 g/mol. The second-order valence-corrected chi connectivity index (χ2v) is 8.15. The number of pyridine rings is 1. The molecule has 1 atom stereocenters. The standard InChI is InChI=1S/C14H14Cl2N4S/c15-14(16)7-10(14)8-21-13-19-18-12(20(13)11-1-2-11)9-3-5-17-6-4-9/h3-6,10-11H,1-2,7-8H2/t10-/m1/s1. The lowest BCUT2D eigenvalue weighted by atomic mass is 10.2. The van der Waals surface area contributed by atoms with E-state index in [4.69, 9.17) is 23.2 Å². The normalized spacial score (nSPS) is 23.2. The van der Waals surface area contributed by atoms with Gasteiger partial charge in [-0.25, -0.2) is 0 Å². The van der Waals surface area contributed by atoms with E-state index in [0.29, 0.717) is 12.0 Å². The Morgan fingerprint density at radius 1 is 1.24 bits per heavy atom. The van der Waals surface area contributed by atoms with E-state index in [1.165, 1.54) is 12.8 Å². The fourth-order valence-corrected chi connectivity index (χ4v) is 4.30. The van der Waals surface area contributed by atoms with Gasteiger partial charge in [-0.1, -0.05) is 11.8 Å². The fourth-order valence-electron chi connectivity index (χ4n) is 2.36. The minimum atomic E-state index is -0.522. The van der Waals surface area contributed by atoms with Crippen molar-refractivity contribution in [3.63, 3.8) is 0 Å². The summed E-state index contributed by atoms with van der Waals surface area (Å²) in [7, 11) is 0. The van der Waals surface area contributed by atoms with Crippen molar-refractivity contribution in [3.8, 4) is 11.4 Å². The Bertz CT molecular complexity index is 654. The SMILES string of the molecule is ClC1(Cl)C[C@@H]1CSc1nnc(-c2ccncc2)n1C1CC1. The molecule has 0 spiro atoms. The maximum absolute atomic E-state index is 6.09. The molecule has 2 aliphatic rings. The summed E-state index contributed by atoms with van der Waals surface area (Å²) in [5, 5.41) is 9.72. The first kappa shape index (κ1) is 13.9. The van der Waals surface area contributed by atoms with Crippen molar-refractivity contribution in [2.24, 2.45) is 5.92 Å². The Morgan fingerprint density at radius 3 is 2.57 bits per heavy atom. The van der Waals surface area contributed by atoms with Crippen LogP contribution in [0.3, 0.4) is 0 Å². The highest BCUT2D eigenvalue weighted by Crippen LogP contribution is 2.55. The molecular weight excluding hydrogens is 327 g/mol. The van der Waals surface area contributed by atoms with E-state index in [9.17, 15) is 0 Å². The number of rotatable bonds is 5. The maximum Gasteiger partial charge on any atom is 0.191 e. The van der Waals surface area contributed by atoms with Gasteiger partial charge in [0.2, 0.25) is 0 Å². The summed E-state index contributed by atoms with van der Waals surface area (Å²) in [5.41, 5.74) is 1.06. The zero-order chi connectivity index (χ0) is 14.4. The maximum atomic E-state index is 6.09. The molecule has 2 saturated carbocycles. The monoisotopic (exact) mass is 340 g/mol. The summed E-state index contributed by atoms with van der Waals surface area (Å²) < 4.78 is 1.73. The predicted octanol–water partition coefficient (Wildman–Crippen LogP) is 3.96. The van der Waals surface area contributed by atoms with Gasteiger partial charge in [0.25, 0.3) is 0 Å². The van der Waals surface area contributed by atoms with Gasteiger partial charge in [-0.2, -0.15) is 0 Å². The molecular formula is C14H14Cl2N4S. The van der Waals surface area contributed by atoms with Crippen LogP contribution in [0.1, 0.15) is 25.3 Å². The Morgan fingerprint density at radius 2 is 1.95 bits per heavy atom. The largest absolute Gasteiger partial charge is 0.299 e. The number of halogens is 2. The number of aromatic nitrogens is 4. The minimum absolute atomic E-state index is 0.361. The van der Waals surface area contributed by atoms with E-state index in [-0.39, 0.29) is 0 Å². The van der Waals surface area contributed by atoms with Crippen LogP contribution in [0, 0.1) is 5.92 Å². The molecule has 7 heteroatoms. The van der Waals surface area contributed by atoms with Gasteiger partial charge in [-0.3, -0.25) is 9.55 Å². The Labute approximate surface area is 137 Å². The summed E-state index contributed by atoms with van der Waals surface area (Å²) in [6, 6.07) is 4.48. The van der Waals surface area contributed by atoms with Crippen LogP contribution in [0.25, 0.3) is 11.4 Å². The van der Waals surface area contributed by atoms with Crippen LogP contribution in [0.15, 0.2) is 29.7 Å². The van der Waals surface area contributed by atoms with Gasteiger partial charge in [0.1, 0.15) is 4.33 Å². The molecule has 0 N–H and O–H groups in total. The van der Waals surface area contributed by atoms with Gasteiger partial charge < -0.3 is 0 Å². The zero-order valence-electron chi connectivity index (χ0n) is 11.2. The topological polar surface area (TPSA) is 43.6 Å². The van der Waals surface area contributed by atoms with Crippen LogP contribution < -0.4 is 0 Å². The van der Waals surface area contributed by atoms with Crippen molar-refractivity contribution in [2.45, 2.75) is 34.8 Å². The Balaban J connectivity index is 1.58. The molecule has 0 radical (unpaired) electrons. The summed E-state index contributed by atoms with van der Waals surface area (Å²) in [4.78, 5) is 4.06. The molecule has 2 aromatic heterocycles. The second kappa shape index (κ2) is 5.14. The molecule has 2 aromatic rings. The third kappa shape index (κ3) is 2.79. The molecule has 0 amide bonds. The first-order valence-corrected chi connectivity index (χ1v) is 8.75. The van der Waals surface area contributed by atoms with Crippen LogP contribution in [0.2, 0.25) is 0 Å². The third-order valence-electron chi connectivity index (χ3n) is 3.88. The van der Waals surface area contributed by atoms with Crippen LogP contribution >= 0.6 is 35.0 Å². The molecule has 0 unspecified atom stereocenters. The lowest BCUT2D eigenvalue weighted by molar-refractivity contribution is 0.668. The molecule has 2 fully saturated rings. The number of hydrogen-bond donors (Lipinski definition) is 0. The highest BCUT2D eigenvalue weighted by molar-refractivity contribution is 7.99. The molecule has 110 valence electrons. The van der Waals surface area contributed by atoms with Crippen molar-refractivity contribution < 1.29 is 0 Å². The van der Waals surface area contributed by atoms with Crippen molar-refractivity contribution >= 4 is 35.0 Å². The summed E-state index contributed by atoms with van der Waals surface area (Å²) in [6.45, 7) is 0. The van der Waals surface area contributed by atoms with E-state index < -0.39 is 4.33 Å². The summed E-state index contributed by atoms with van der Waals surface area (Å²) in [6.07, 6.45) is 6.84. The van der Waals surface area contributed by atoms with Crippen LogP contribution in [0.4, 0.5) is 0 Å². The zero-order valence-corrected chi connectivity index (χ0v) is 13.6. The van der Waals surface area contributed by atoms with Gasteiger partial charge in [-0.05, 0) is 31.4 Å². The van der Waals surface area contributed by atoms with Gasteiger partial charge in [0.05, 0.1) is 0 Å². The smallest absolute Gasteiger partial charge is 0.191 e. The van der Waals surface area contributed by atoms with E-state index in [1.54, 1.807) is 24.2 Å². The molecule has 0 aromatic carbocycles. The van der Waals surface area contributed by atoms with Crippen LogP contribution in [-0.2, 0) is 0 Å². The van der Waals surface area contributed by atoms with Crippen LogP contribution in [-0.4, -0.2) is 29.8 Å². The molecule has 4 rings (SSSR count). The van der Waals surface area contributed by atoms with Crippen LogP contribution in [0.5, 0.6) is 0 Å². The van der Waals surface area contributed by atoms with Gasteiger partial charge in [0, 0.05) is 35.7 Å². The summed E-state index contributed by atoms with van der Waals surface area (Å²) in [5.74, 6) is 2.19. The summed E-state index contributed by atoms with van der Waals surface area (Å²) >= 11 is 13.9. The van der Waals surface area contributed by atoms with E-state index >= 15 is 0 Å². The number of thioether (sulfide) groups is 1. The lowest BCUT2D eigenvalue weighted by Crippen LogP contribution is -2.01. The second-order valence-electron chi connectivity index (χ2n) is 5.62. The van der Waals surface area contributed by atoms with E-state index in [2.05, 4.69) is 19.7 Å². The predicted molar refractivity (Wildman–Crippen MR) is 84.8 cm³/mol. The first-order chi connectivity index (χ1) is 10.1. The number of alkyl halides is 2. The Hall–Kier alpha value is -0.780. The Kier molecular flexibility index (Phi) is 3.39. The molecule has 2 heterocycles. The van der Waals surface area contributed by atoms with Crippen molar-refractivity contribution in [3.05, 3.63) is 24.5 Å². The molecule has 0 bridgehead atoms.